The lowest BCUT2D eigenvalue weighted by Gasteiger charge is -2.12. The molecule has 0 aromatic heterocycles. The second-order valence-corrected chi connectivity index (χ2v) is 4.31. The molecule has 0 atom stereocenters. The van der Waals surface area contributed by atoms with Gasteiger partial charge in [0.25, 0.3) is 0 Å². The summed E-state index contributed by atoms with van der Waals surface area (Å²) in [7, 11) is 1.74. The highest BCUT2D eigenvalue weighted by Crippen LogP contribution is 2.30. The molecule has 1 aromatic rings. The van der Waals surface area contributed by atoms with Crippen molar-refractivity contribution in [3.05, 3.63) is 27.7 Å². The van der Waals surface area contributed by atoms with Crippen LogP contribution in [0, 0.1) is 0 Å². The summed E-state index contributed by atoms with van der Waals surface area (Å²) in [6.45, 7) is 2.10. The molecule has 0 saturated carbocycles. The SMILES string of the molecule is COc1ccc(Br)c2c1CCNCC2.Cl. The lowest BCUT2D eigenvalue weighted by molar-refractivity contribution is 0.409. The van der Waals surface area contributed by atoms with Crippen molar-refractivity contribution in [2.75, 3.05) is 20.2 Å². The first kappa shape index (κ1) is 12.8. The maximum Gasteiger partial charge on any atom is 0.122 e. The molecule has 0 aliphatic carbocycles. The van der Waals surface area contributed by atoms with Gasteiger partial charge >= 0.3 is 0 Å². The zero-order valence-corrected chi connectivity index (χ0v) is 11.1. The van der Waals surface area contributed by atoms with E-state index in [2.05, 4.69) is 27.3 Å². The predicted octanol–water partition coefficient (Wildman–Crippen LogP) is 2.57. The highest BCUT2D eigenvalue weighted by molar-refractivity contribution is 9.10. The van der Waals surface area contributed by atoms with Gasteiger partial charge < -0.3 is 10.1 Å². The van der Waals surface area contributed by atoms with Crippen LogP contribution < -0.4 is 10.1 Å². The average molecular weight is 293 g/mol. The third kappa shape index (κ3) is 2.65. The standard InChI is InChI=1S/C11H14BrNO.ClH/c1-14-11-3-2-10(12)8-4-6-13-7-5-9(8)11;/h2-3,13H,4-7H2,1H3;1H. The van der Waals surface area contributed by atoms with Crippen molar-refractivity contribution < 1.29 is 4.74 Å². The summed E-state index contributed by atoms with van der Waals surface area (Å²) in [6.07, 6.45) is 2.13. The Hall–Kier alpha value is -0.250. The van der Waals surface area contributed by atoms with E-state index < -0.39 is 0 Å². The first-order valence-electron chi connectivity index (χ1n) is 4.88. The zero-order chi connectivity index (χ0) is 9.97. The Balaban J connectivity index is 0.00000112. The Morgan fingerprint density at radius 3 is 2.53 bits per heavy atom. The zero-order valence-electron chi connectivity index (χ0n) is 8.68. The number of hydrogen-bond donors (Lipinski definition) is 1. The fourth-order valence-corrected chi connectivity index (χ4v) is 2.50. The summed E-state index contributed by atoms with van der Waals surface area (Å²) in [5.74, 6) is 1.02. The van der Waals surface area contributed by atoms with Gasteiger partial charge in [-0.25, -0.2) is 0 Å². The Kier molecular flexibility index (Phi) is 4.90. The van der Waals surface area contributed by atoms with Gasteiger partial charge in [0.2, 0.25) is 0 Å². The molecule has 0 radical (unpaired) electrons. The first-order valence-corrected chi connectivity index (χ1v) is 5.67. The Bertz CT molecular complexity index is 344. The largest absolute Gasteiger partial charge is 0.496 e. The van der Waals surface area contributed by atoms with E-state index in [1.54, 1.807) is 7.11 Å². The smallest absolute Gasteiger partial charge is 0.122 e. The molecule has 4 heteroatoms. The van der Waals surface area contributed by atoms with E-state index in [0.717, 1.165) is 31.7 Å². The fourth-order valence-electron chi connectivity index (χ4n) is 1.93. The van der Waals surface area contributed by atoms with Crippen molar-refractivity contribution in [2.45, 2.75) is 12.8 Å². The van der Waals surface area contributed by atoms with Crippen LogP contribution in [0.2, 0.25) is 0 Å². The van der Waals surface area contributed by atoms with Gasteiger partial charge in [-0.1, -0.05) is 15.9 Å². The summed E-state index contributed by atoms with van der Waals surface area (Å²) in [5.41, 5.74) is 2.75. The third-order valence-electron chi connectivity index (χ3n) is 2.65. The van der Waals surface area contributed by atoms with E-state index in [1.165, 1.54) is 15.6 Å². The normalized spacial score (nSPS) is 14.8. The molecule has 2 nitrogen and oxygen atoms in total. The summed E-state index contributed by atoms with van der Waals surface area (Å²) in [5, 5.41) is 3.40. The first-order chi connectivity index (χ1) is 6.83. The lowest BCUT2D eigenvalue weighted by Crippen LogP contribution is -2.16. The van der Waals surface area contributed by atoms with E-state index in [1.807, 2.05) is 6.07 Å². The third-order valence-corrected chi connectivity index (χ3v) is 3.40. The molecule has 0 fully saturated rings. The molecule has 1 aliphatic rings. The van der Waals surface area contributed by atoms with E-state index in [-0.39, 0.29) is 12.4 Å². The van der Waals surface area contributed by atoms with Crippen molar-refractivity contribution in [1.29, 1.82) is 0 Å². The van der Waals surface area contributed by atoms with Crippen molar-refractivity contribution in [1.82, 2.24) is 5.32 Å². The maximum absolute atomic E-state index is 5.37. The number of hydrogen-bond acceptors (Lipinski definition) is 2. The minimum atomic E-state index is 0. The molecule has 1 N–H and O–H groups in total. The predicted molar refractivity (Wildman–Crippen MR) is 68.2 cm³/mol. The lowest BCUT2D eigenvalue weighted by atomic mass is 10.0. The molecule has 1 aliphatic heterocycles. The van der Waals surface area contributed by atoms with E-state index >= 15 is 0 Å². The van der Waals surface area contributed by atoms with Crippen LogP contribution in [0.1, 0.15) is 11.1 Å². The van der Waals surface area contributed by atoms with E-state index in [0.29, 0.717) is 0 Å². The molecule has 0 saturated heterocycles. The summed E-state index contributed by atoms with van der Waals surface area (Å²) in [4.78, 5) is 0. The summed E-state index contributed by atoms with van der Waals surface area (Å²) < 4.78 is 6.58. The molecule has 0 amide bonds. The van der Waals surface area contributed by atoms with Crippen LogP contribution in [-0.4, -0.2) is 20.2 Å². The van der Waals surface area contributed by atoms with Crippen LogP contribution >= 0.6 is 28.3 Å². The Morgan fingerprint density at radius 2 is 1.87 bits per heavy atom. The van der Waals surface area contributed by atoms with Gasteiger partial charge in [0.15, 0.2) is 0 Å². The van der Waals surface area contributed by atoms with Crippen LogP contribution in [-0.2, 0) is 12.8 Å². The van der Waals surface area contributed by atoms with Crippen molar-refractivity contribution in [3.63, 3.8) is 0 Å². The van der Waals surface area contributed by atoms with Crippen molar-refractivity contribution in [2.24, 2.45) is 0 Å². The van der Waals surface area contributed by atoms with Gasteiger partial charge in [-0.2, -0.15) is 0 Å². The molecule has 15 heavy (non-hydrogen) atoms. The monoisotopic (exact) mass is 291 g/mol. The van der Waals surface area contributed by atoms with Crippen molar-refractivity contribution >= 4 is 28.3 Å². The topological polar surface area (TPSA) is 21.3 Å². The molecule has 1 heterocycles. The molecule has 84 valence electrons. The molecular weight excluding hydrogens is 277 g/mol. The number of fused-ring (bicyclic) bond motifs is 1. The second kappa shape index (κ2) is 5.73. The van der Waals surface area contributed by atoms with Gasteiger partial charge in [0, 0.05) is 4.47 Å². The summed E-state index contributed by atoms with van der Waals surface area (Å²) in [6, 6.07) is 4.11. The molecular formula is C11H15BrClNO. The van der Waals surface area contributed by atoms with Gasteiger partial charge in [-0.15, -0.1) is 12.4 Å². The molecule has 0 unspecified atom stereocenters. The number of nitrogens with one attached hydrogen (secondary N) is 1. The quantitative estimate of drug-likeness (QED) is 0.859. The van der Waals surface area contributed by atoms with Crippen molar-refractivity contribution in [3.8, 4) is 5.75 Å². The second-order valence-electron chi connectivity index (χ2n) is 3.46. The van der Waals surface area contributed by atoms with E-state index in [4.69, 9.17) is 4.74 Å². The molecule has 2 rings (SSSR count). The number of halogens is 2. The Labute approximate surface area is 105 Å². The number of benzene rings is 1. The van der Waals surface area contributed by atoms with Gasteiger partial charge in [0.05, 0.1) is 7.11 Å². The van der Waals surface area contributed by atoms with Crippen LogP contribution in [0.4, 0.5) is 0 Å². The van der Waals surface area contributed by atoms with Gasteiger partial charge in [-0.05, 0) is 49.2 Å². The summed E-state index contributed by atoms with van der Waals surface area (Å²) >= 11 is 3.60. The minimum Gasteiger partial charge on any atom is -0.496 e. The van der Waals surface area contributed by atoms with Crippen LogP contribution in [0.25, 0.3) is 0 Å². The molecule has 0 spiro atoms. The highest BCUT2D eigenvalue weighted by atomic mass is 79.9. The minimum absolute atomic E-state index is 0. The maximum atomic E-state index is 5.37. The fraction of sp³-hybridized carbons (Fsp3) is 0.455. The van der Waals surface area contributed by atoms with Gasteiger partial charge in [-0.3, -0.25) is 0 Å². The van der Waals surface area contributed by atoms with Crippen LogP contribution in [0.3, 0.4) is 0 Å². The number of ether oxygens (including phenoxy) is 1. The van der Waals surface area contributed by atoms with E-state index in [9.17, 15) is 0 Å². The number of methoxy groups -OCH3 is 1. The number of rotatable bonds is 1. The van der Waals surface area contributed by atoms with Crippen LogP contribution in [0.5, 0.6) is 5.75 Å². The molecule has 0 bridgehead atoms. The Morgan fingerprint density at radius 1 is 1.20 bits per heavy atom. The highest BCUT2D eigenvalue weighted by Gasteiger charge is 2.14. The molecule has 1 aromatic carbocycles. The average Bonchev–Trinajstić information content (AvgIpc) is 2.44. The van der Waals surface area contributed by atoms with Gasteiger partial charge in [0.1, 0.15) is 5.75 Å². The van der Waals surface area contributed by atoms with Crippen LogP contribution in [0.15, 0.2) is 16.6 Å².